The van der Waals surface area contributed by atoms with Crippen LogP contribution < -0.4 is 0 Å². The molecule has 1 unspecified atom stereocenters. The Morgan fingerprint density at radius 2 is 1.76 bits per heavy atom. The molecule has 136 valence electrons. The number of hydrogen-bond donors (Lipinski definition) is 0. The molecule has 0 saturated heterocycles. The third kappa shape index (κ3) is 4.04. The van der Waals surface area contributed by atoms with Crippen LogP contribution in [0.1, 0.15) is 69.9 Å². The van der Waals surface area contributed by atoms with Gasteiger partial charge in [-0.15, -0.1) is 0 Å². The first kappa shape index (κ1) is 18.4. The van der Waals surface area contributed by atoms with E-state index in [0.717, 1.165) is 23.8 Å². The molecule has 1 fully saturated rings. The molecule has 3 rings (SSSR count). The fourth-order valence-electron chi connectivity index (χ4n) is 4.59. The highest BCUT2D eigenvalue weighted by molar-refractivity contribution is 5.75. The molecule has 0 heterocycles. The molecule has 1 aromatic carbocycles. The second-order valence-corrected chi connectivity index (χ2v) is 7.74. The van der Waals surface area contributed by atoms with E-state index in [-0.39, 0.29) is 0 Å². The molecule has 0 aromatic heterocycles. The summed E-state index contributed by atoms with van der Waals surface area (Å²) in [4.78, 5) is 0. The van der Waals surface area contributed by atoms with E-state index in [1.54, 1.807) is 12.1 Å². The van der Waals surface area contributed by atoms with E-state index < -0.39 is 11.6 Å². The Labute approximate surface area is 151 Å². The van der Waals surface area contributed by atoms with E-state index in [2.05, 4.69) is 19.1 Å². The van der Waals surface area contributed by atoms with Gasteiger partial charge in [0.05, 0.1) is 0 Å². The van der Waals surface area contributed by atoms with E-state index in [9.17, 15) is 8.78 Å². The van der Waals surface area contributed by atoms with Gasteiger partial charge in [0.15, 0.2) is 11.6 Å². The summed E-state index contributed by atoms with van der Waals surface area (Å²) in [5.74, 6) is 0.855. The van der Waals surface area contributed by atoms with Crippen molar-refractivity contribution in [3.8, 4) is 0 Å². The molecule has 2 aliphatic carbocycles. The van der Waals surface area contributed by atoms with Gasteiger partial charge in [0.1, 0.15) is 0 Å². The number of hydrogen-bond acceptors (Lipinski definition) is 0. The average Bonchev–Trinajstić information content (AvgIpc) is 2.65. The van der Waals surface area contributed by atoms with Crippen LogP contribution in [0.3, 0.4) is 0 Å². The Kier molecular flexibility index (Phi) is 6.09. The molecule has 0 bridgehead atoms. The minimum atomic E-state index is -0.700. The number of aryl methyl sites for hydroxylation is 1. The standard InChI is InChI=1S/C23H30F2/c1-3-5-16-6-8-18(9-7-16)19-10-12-20(13-11-19)21-15-14-17(4-2)22(24)23(21)25/h10,12-16,18-19H,3-9,11H2,1-2H3. The van der Waals surface area contributed by atoms with Crippen LogP contribution in [-0.2, 0) is 6.42 Å². The molecule has 2 aliphatic rings. The first-order valence-corrected chi connectivity index (χ1v) is 9.99. The summed E-state index contributed by atoms with van der Waals surface area (Å²) >= 11 is 0. The minimum absolute atomic E-state index is 0.399. The summed E-state index contributed by atoms with van der Waals surface area (Å²) in [5, 5.41) is 0. The average molecular weight is 344 g/mol. The van der Waals surface area contributed by atoms with Crippen LogP contribution in [-0.4, -0.2) is 0 Å². The predicted octanol–water partition coefficient (Wildman–Crippen LogP) is 7.09. The molecule has 0 aliphatic heterocycles. The van der Waals surface area contributed by atoms with Crippen molar-refractivity contribution in [2.24, 2.45) is 17.8 Å². The van der Waals surface area contributed by atoms with Crippen molar-refractivity contribution >= 4 is 5.57 Å². The SMILES string of the molecule is CCCC1CCC(C2C=CC(c3ccc(CC)c(F)c3F)=CC2)CC1. The predicted molar refractivity (Wildman–Crippen MR) is 101 cm³/mol. The normalized spacial score (nSPS) is 26.6. The van der Waals surface area contributed by atoms with Crippen molar-refractivity contribution in [1.82, 2.24) is 0 Å². The van der Waals surface area contributed by atoms with Crippen molar-refractivity contribution in [2.75, 3.05) is 0 Å². The Balaban J connectivity index is 1.64. The number of rotatable bonds is 5. The topological polar surface area (TPSA) is 0 Å². The van der Waals surface area contributed by atoms with Crippen molar-refractivity contribution < 1.29 is 8.78 Å². The van der Waals surface area contributed by atoms with Crippen LogP contribution in [0.5, 0.6) is 0 Å². The summed E-state index contributed by atoms with van der Waals surface area (Å²) in [6, 6.07) is 3.44. The molecule has 0 nitrogen and oxygen atoms in total. The molecule has 1 aromatic rings. The molecule has 0 spiro atoms. The lowest BCUT2D eigenvalue weighted by Gasteiger charge is -2.33. The lowest BCUT2D eigenvalue weighted by atomic mass is 9.72. The monoisotopic (exact) mass is 344 g/mol. The second kappa shape index (κ2) is 8.29. The van der Waals surface area contributed by atoms with Gasteiger partial charge >= 0.3 is 0 Å². The van der Waals surface area contributed by atoms with E-state index in [4.69, 9.17) is 0 Å². The van der Waals surface area contributed by atoms with Gasteiger partial charge < -0.3 is 0 Å². The molecule has 2 heteroatoms. The van der Waals surface area contributed by atoms with Gasteiger partial charge in [0, 0.05) is 5.56 Å². The van der Waals surface area contributed by atoms with Gasteiger partial charge in [-0.25, -0.2) is 8.78 Å². The van der Waals surface area contributed by atoms with Crippen LogP contribution >= 0.6 is 0 Å². The number of benzene rings is 1. The zero-order valence-corrected chi connectivity index (χ0v) is 15.5. The maximum atomic E-state index is 14.4. The van der Waals surface area contributed by atoms with Crippen molar-refractivity contribution in [2.45, 2.75) is 65.2 Å². The summed E-state index contributed by atoms with van der Waals surface area (Å²) in [6.45, 7) is 4.12. The Morgan fingerprint density at radius 3 is 2.36 bits per heavy atom. The summed E-state index contributed by atoms with van der Waals surface area (Å²) in [7, 11) is 0. The first-order chi connectivity index (χ1) is 12.1. The molecular formula is C23H30F2. The van der Waals surface area contributed by atoms with E-state index in [1.807, 2.05) is 13.0 Å². The second-order valence-electron chi connectivity index (χ2n) is 7.74. The maximum Gasteiger partial charge on any atom is 0.166 e. The smallest absolute Gasteiger partial charge is 0.166 e. The lowest BCUT2D eigenvalue weighted by molar-refractivity contribution is 0.221. The van der Waals surface area contributed by atoms with E-state index >= 15 is 0 Å². The highest BCUT2D eigenvalue weighted by Gasteiger charge is 2.27. The zero-order valence-electron chi connectivity index (χ0n) is 15.5. The summed E-state index contributed by atoms with van der Waals surface area (Å²) < 4.78 is 28.4. The van der Waals surface area contributed by atoms with Crippen molar-refractivity contribution in [1.29, 1.82) is 0 Å². The van der Waals surface area contributed by atoms with Gasteiger partial charge in [0.25, 0.3) is 0 Å². The Morgan fingerprint density at radius 1 is 1.00 bits per heavy atom. The molecular weight excluding hydrogens is 314 g/mol. The van der Waals surface area contributed by atoms with Gasteiger partial charge in [-0.2, -0.15) is 0 Å². The Hall–Kier alpha value is -1.44. The fourth-order valence-corrected chi connectivity index (χ4v) is 4.59. The summed E-state index contributed by atoms with van der Waals surface area (Å²) in [6.07, 6.45) is 15.8. The van der Waals surface area contributed by atoms with Crippen molar-refractivity contribution in [3.05, 3.63) is 53.1 Å². The van der Waals surface area contributed by atoms with Crippen molar-refractivity contribution in [3.63, 3.8) is 0 Å². The number of halogens is 2. The van der Waals surface area contributed by atoms with E-state index in [1.165, 1.54) is 38.5 Å². The maximum absolute atomic E-state index is 14.4. The van der Waals surface area contributed by atoms with Crippen LogP contribution in [0.4, 0.5) is 8.78 Å². The number of allylic oxidation sites excluding steroid dienone is 4. The van der Waals surface area contributed by atoms with Crippen LogP contribution in [0.15, 0.2) is 30.4 Å². The molecule has 0 radical (unpaired) electrons. The summed E-state index contributed by atoms with van der Waals surface area (Å²) in [5.41, 5.74) is 1.68. The largest absolute Gasteiger partial charge is 0.203 e. The van der Waals surface area contributed by atoms with E-state index in [0.29, 0.717) is 23.5 Å². The van der Waals surface area contributed by atoms with Crippen LogP contribution in [0.25, 0.3) is 5.57 Å². The Bertz CT molecular complexity index is 648. The fraction of sp³-hybridized carbons (Fsp3) is 0.565. The highest BCUT2D eigenvalue weighted by atomic mass is 19.2. The molecule has 1 saturated carbocycles. The van der Waals surface area contributed by atoms with Gasteiger partial charge in [-0.3, -0.25) is 0 Å². The third-order valence-corrected chi connectivity index (χ3v) is 6.18. The van der Waals surface area contributed by atoms with Gasteiger partial charge in [-0.1, -0.05) is 69.9 Å². The molecule has 0 amide bonds. The van der Waals surface area contributed by atoms with Gasteiger partial charge in [-0.05, 0) is 54.6 Å². The third-order valence-electron chi connectivity index (χ3n) is 6.18. The lowest BCUT2D eigenvalue weighted by Crippen LogP contribution is -2.21. The highest BCUT2D eigenvalue weighted by Crippen LogP contribution is 2.39. The quantitative estimate of drug-likeness (QED) is 0.534. The molecule has 25 heavy (non-hydrogen) atoms. The minimum Gasteiger partial charge on any atom is -0.203 e. The van der Waals surface area contributed by atoms with Crippen LogP contribution in [0, 0.1) is 29.4 Å². The van der Waals surface area contributed by atoms with Crippen LogP contribution in [0.2, 0.25) is 0 Å². The van der Waals surface area contributed by atoms with Gasteiger partial charge in [0.2, 0.25) is 0 Å². The first-order valence-electron chi connectivity index (χ1n) is 9.99. The molecule has 0 N–H and O–H groups in total. The zero-order chi connectivity index (χ0) is 17.8. The molecule has 1 atom stereocenters.